The lowest BCUT2D eigenvalue weighted by atomic mass is 9.94. The topological polar surface area (TPSA) is 12.4 Å². The highest BCUT2D eigenvalue weighted by Crippen LogP contribution is 2.15. The van der Waals surface area contributed by atoms with Crippen molar-refractivity contribution in [1.29, 1.82) is 0 Å². The van der Waals surface area contributed by atoms with Gasteiger partial charge in [0.2, 0.25) is 0 Å². The van der Waals surface area contributed by atoms with Crippen molar-refractivity contribution in [3.05, 3.63) is 36.6 Å². The van der Waals surface area contributed by atoms with E-state index in [0.29, 0.717) is 5.70 Å². The van der Waals surface area contributed by atoms with Gasteiger partial charge < -0.3 is 0 Å². The molecule has 0 rings (SSSR count). The molecule has 0 saturated heterocycles. The zero-order valence-corrected chi connectivity index (χ0v) is 9.17. The van der Waals surface area contributed by atoms with E-state index in [1.165, 1.54) is 0 Å². The number of allylic oxidation sites excluding steroid dienone is 3. The van der Waals surface area contributed by atoms with E-state index < -0.39 is 0 Å². The van der Waals surface area contributed by atoms with Crippen LogP contribution in [0.15, 0.2) is 41.6 Å². The van der Waals surface area contributed by atoms with Crippen LogP contribution in [0, 0.1) is 17.8 Å². The summed E-state index contributed by atoms with van der Waals surface area (Å²) in [7, 11) is 0. The van der Waals surface area contributed by atoms with E-state index in [2.05, 4.69) is 24.1 Å². The smallest absolute Gasteiger partial charge is 0.0555 e. The van der Waals surface area contributed by atoms with Crippen molar-refractivity contribution in [2.24, 2.45) is 10.4 Å². The largest absolute Gasteiger partial charge is 0.257 e. The lowest BCUT2D eigenvalue weighted by Gasteiger charge is -2.09. The summed E-state index contributed by atoms with van der Waals surface area (Å²) >= 11 is 0. The second-order valence-corrected chi connectivity index (χ2v) is 3.80. The number of terminal acetylenes is 1. The van der Waals surface area contributed by atoms with Crippen LogP contribution in [0.1, 0.15) is 20.8 Å². The average Bonchev–Trinajstić information content (AvgIpc) is 2.11. The summed E-state index contributed by atoms with van der Waals surface area (Å²) < 4.78 is 0. The SMILES string of the molecule is C#CC(C)(C)/C=C\C(=C)N=CC(=C)C. The Morgan fingerprint density at radius 2 is 2.00 bits per heavy atom. The minimum absolute atomic E-state index is 0.248. The molecule has 1 nitrogen and oxygen atoms in total. The van der Waals surface area contributed by atoms with Gasteiger partial charge in [-0.2, -0.15) is 0 Å². The van der Waals surface area contributed by atoms with Crippen LogP contribution in [-0.4, -0.2) is 6.21 Å². The van der Waals surface area contributed by atoms with Gasteiger partial charge >= 0.3 is 0 Å². The van der Waals surface area contributed by atoms with Gasteiger partial charge in [-0.1, -0.05) is 25.2 Å². The highest BCUT2D eigenvalue weighted by atomic mass is 14.7. The van der Waals surface area contributed by atoms with E-state index in [9.17, 15) is 0 Å². The van der Waals surface area contributed by atoms with Gasteiger partial charge in [0.15, 0.2) is 0 Å². The molecule has 0 aliphatic rings. The van der Waals surface area contributed by atoms with Crippen LogP contribution in [0.3, 0.4) is 0 Å². The van der Waals surface area contributed by atoms with Crippen LogP contribution in [0.2, 0.25) is 0 Å². The predicted octanol–water partition coefficient (Wildman–Crippen LogP) is 3.36. The molecule has 0 unspecified atom stereocenters. The Morgan fingerprint density at radius 3 is 2.43 bits per heavy atom. The molecule has 0 radical (unpaired) electrons. The Hall–Kier alpha value is -1.55. The fraction of sp³-hybridized carbons (Fsp3) is 0.308. The molecule has 0 spiro atoms. The van der Waals surface area contributed by atoms with Crippen LogP contribution in [-0.2, 0) is 0 Å². The minimum atomic E-state index is -0.248. The summed E-state index contributed by atoms with van der Waals surface area (Å²) in [5, 5.41) is 0. The molecule has 0 aromatic heterocycles. The standard InChI is InChI=1S/C13H17N/c1-7-13(5,6)9-8-12(4)14-10-11(2)3/h1,8-10H,2,4H2,3,5-6H3/b9-8-,14-10?. The molecule has 0 aliphatic heterocycles. The number of nitrogens with zero attached hydrogens (tertiary/aromatic N) is 1. The fourth-order valence-corrected chi connectivity index (χ4v) is 0.589. The summed E-state index contributed by atoms with van der Waals surface area (Å²) in [5.74, 6) is 2.66. The third-order valence-electron chi connectivity index (χ3n) is 1.52. The van der Waals surface area contributed by atoms with Gasteiger partial charge in [0.25, 0.3) is 0 Å². The van der Waals surface area contributed by atoms with Gasteiger partial charge in [-0.15, -0.1) is 6.42 Å². The minimum Gasteiger partial charge on any atom is -0.257 e. The molecule has 0 fully saturated rings. The van der Waals surface area contributed by atoms with Gasteiger partial charge in [0, 0.05) is 11.6 Å². The van der Waals surface area contributed by atoms with Crippen molar-refractivity contribution in [1.82, 2.24) is 0 Å². The summed E-state index contributed by atoms with van der Waals surface area (Å²) in [4.78, 5) is 4.09. The molecule has 0 bridgehead atoms. The summed E-state index contributed by atoms with van der Waals surface area (Å²) in [6.07, 6.45) is 10.7. The summed E-state index contributed by atoms with van der Waals surface area (Å²) in [5.41, 5.74) is 1.33. The molecule has 1 heteroatoms. The van der Waals surface area contributed by atoms with Crippen molar-refractivity contribution in [3.63, 3.8) is 0 Å². The van der Waals surface area contributed by atoms with E-state index >= 15 is 0 Å². The molecule has 74 valence electrons. The second-order valence-electron chi connectivity index (χ2n) is 3.80. The maximum atomic E-state index is 5.33. The van der Waals surface area contributed by atoms with Crippen molar-refractivity contribution in [2.45, 2.75) is 20.8 Å². The van der Waals surface area contributed by atoms with Crippen LogP contribution < -0.4 is 0 Å². The predicted molar refractivity (Wildman–Crippen MR) is 64.2 cm³/mol. The van der Waals surface area contributed by atoms with Crippen LogP contribution >= 0.6 is 0 Å². The lowest BCUT2D eigenvalue weighted by molar-refractivity contribution is 0.655. The Morgan fingerprint density at radius 1 is 1.43 bits per heavy atom. The first-order chi connectivity index (χ1) is 6.37. The maximum absolute atomic E-state index is 5.33. The van der Waals surface area contributed by atoms with Crippen molar-refractivity contribution < 1.29 is 0 Å². The second kappa shape index (κ2) is 5.24. The Kier molecular flexibility index (Phi) is 4.66. The van der Waals surface area contributed by atoms with Gasteiger partial charge in [-0.25, -0.2) is 0 Å². The average molecular weight is 187 g/mol. The molecule has 0 atom stereocenters. The third-order valence-corrected chi connectivity index (χ3v) is 1.52. The number of aliphatic imine (C=N–C) groups is 1. The van der Waals surface area contributed by atoms with Gasteiger partial charge in [-0.3, -0.25) is 4.99 Å². The molecule has 14 heavy (non-hydrogen) atoms. The molecule has 0 aromatic rings. The number of rotatable bonds is 4. The number of hydrogen-bond donors (Lipinski definition) is 0. The maximum Gasteiger partial charge on any atom is 0.0555 e. The zero-order chi connectivity index (χ0) is 11.2. The molecule has 0 saturated carbocycles. The number of hydrogen-bond acceptors (Lipinski definition) is 1. The van der Waals surface area contributed by atoms with Crippen LogP contribution in [0.25, 0.3) is 0 Å². The molecule has 0 N–H and O–H groups in total. The molecule has 0 aromatic carbocycles. The molecular weight excluding hydrogens is 170 g/mol. The Bertz CT molecular complexity index is 322. The summed E-state index contributed by atoms with van der Waals surface area (Å²) in [6, 6.07) is 0. The van der Waals surface area contributed by atoms with Crippen molar-refractivity contribution >= 4 is 6.21 Å². The third kappa shape index (κ3) is 6.02. The van der Waals surface area contributed by atoms with Gasteiger partial charge in [0.05, 0.1) is 5.70 Å². The van der Waals surface area contributed by atoms with E-state index in [1.807, 2.05) is 32.9 Å². The van der Waals surface area contributed by atoms with Gasteiger partial charge in [-0.05, 0) is 32.4 Å². The molecule has 0 amide bonds. The highest BCUT2D eigenvalue weighted by molar-refractivity contribution is 5.77. The van der Waals surface area contributed by atoms with Crippen molar-refractivity contribution in [2.75, 3.05) is 0 Å². The van der Waals surface area contributed by atoms with E-state index in [-0.39, 0.29) is 5.41 Å². The first kappa shape index (κ1) is 12.4. The van der Waals surface area contributed by atoms with Crippen LogP contribution in [0.5, 0.6) is 0 Å². The first-order valence-corrected chi connectivity index (χ1v) is 4.43. The monoisotopic (exact) mass is 187 g/mol. The highest BCUT2D eigenvalue weighted by Gasteiger charge is 2.07. The molecule has 0 aliphatic carbocycles. The molecule has 0 heterocycles. The zero-order valence-electron chi connectivity index (χ0n) is 9.17. The van der Waals surface area contributed by atoms with Crippen molar-refractivity contribution in [3.8, 4) is 12.3 Å². The Labute approximate surface area is 86.9 Å². The summed E-state index contributed by atoms with van der Waals surface area (Å²) in [6.45, 7) is 13.3. The van der Waals surface area contributed by atoms with Gasteiger partial charge in [0.1, 0.15) is 0 Å². The van der Waals surface area contributed by atoms with Crippen LogP contribution in [0.4, 0.5) is 0 Å². The quantitative estimate of drug-likeness (QED) is 0.363. The van der Waals surface area contributed by atoms with E-state index in [0.717, 1.165) is 5.57 Å². The fourth-order valence-electron chi connectivity index (χ4n) is 0.589. The lowest BCUT2D eigenvalue weighted by Crippen LogP contribution is -2.01. The van der Waals surface area contributed by atoms with E-state index in [4.69, 9.17) is 6.42 Å². The van der Waals surface area contributed by atoms with E-state index in [1.54, 1.807) is 6.21 Å². The normalized spacial score (nSPS) is 11.9. The first-order valence-electron chi connectivity index (χ1n) is 4.43. The Balaban J connectivity index is 4.36. The molecular formula is C13H17N.